The highest BCUT2D eigenvalue weighted by atomic mass is 32.2. The van der Waals surface area contributed by atoms with Crippen molar-refractivity contribution in [2.45, 2.75) is 11.8 Å². The highest BCUT2D eigenvalue weighted by Crippen LogP contribution is 2.34. The molecule has 0 saturated carbocycles. The van der Waals surface area contributed by atoms with Gasteiger partial charge in [-0.15, -0.1) is 11.8 Å². The molecule has 3 heteroatoms. The summed E-state index contributed by atoms with van der Waals surface area (Å²) in [4.78, 5) is 1.26. The van der Waals surface area contributed by atoms with E-state index < -0.39 is 32.2 Å². The number of benzene rings is 2. The Bertz CT molecular complexity index is 1010. The summed E-state index contributed by atoms with van der Waals surface area (Å²) < 4.78 is 87.7. The van der Waals surface area contributed by atoms with Crippen molar-refractivity contribution in [2.24, 2.45) is 0 Å². The molecule has 0 spiro atoms. The average Bonchev–Trinajstić information content (AvgIpc) is 2.65. The quantitative estimate of drug-likeness (QED) is 0.868. The number of hydrogen-bond donors (Lipinski definition) is 1. The number of anilines is 1. The minimum absolute atomic E-state index is 0.0951. The Morgan fingerprint density at radius 2 is 2.14 bits per heavy atom. The fourth-order valence-corrected chi connectivity index (χ4v) is 2.64. The van der Waals surface area contributed by atoms with Crippen molar-refractivity contribution in [1.82, 2.24) is 5.31 Å². The molecule has 2 nitrogen and oxygen atoms in total. The third kappa shape index (κ3) is 3.09. The maximum absolute atomic E-state index is 8.41. The molecule has 1 unspecified atom stereocenters. The molecule has 0 radical (unpaired) electrons. The van der Waals surface area contributed by atoms with Gasteiger partial charge < -0.3 is 10.2 Å². The lowest BCUT2D eigenvalue weighted by atomic mass is 9.98. The fraction of sp³-hybridized carbons (Fsp3) is 0.333. The van der Waals surface area contributed by atoms with Gasteiger partial charge in [-0.2, -0.15) is 0 Å². The average molecular weight is 310 g/mol. The summed E-state index contributed by atoms with van der Waals surface area (Å²) in [5.41, 5.74) is 1.81. The minimum atomic E-state index is -3.06. The van der Waals surface area contributed by atoms with Crippen LogP contribution in [0.1, 0.15) is 19.3 Å². The first-order chi connectivity index (χ1) is 14.5. The van der Waals surface area contributed by atoms with Crippen molar-refractivity contribution < 1.29 is 15.1 Å². The molecule has 1 fully saturated rings. The van der Waals surface area contributed by atoms with Gasteiger partial charge in [-0.1, -0.05) is 24.3 Å². The van der Waals surface area contributed by atoms with Crippen molar-refractivity contribution in [1.29, 1.82) is 0 Å². The predicted molar refractivity (Wildman–Crippen MR) is 93.5 cm³/mol. The van der Waals surface area contributed by atoms with Crippen LogP contribution in [0.4, 0.5) is 5.69 Å². The van der Waals surface area contributed by atoms with Crippen LogP contribution < -0.4 is 10.2 Å². The van der Waals surface area contributed by atoms with Crippen molar-refractivity contribution in [3.8, 4) is 11.1 Å². The van der Waals surface area contributed by atoms with E-state index in [1.54, 1.807) is 43.3 Å². The molecule has 3 rings (SSSR count). The molecule has 1 heterocycles. The Morgan fingerprint density at radius 1 is 1.24 bits per heavy atom. The first-order valence-electron chi connectivity index (χ1n) is 11.9. The van der Waals surface area contributed by atoms with Gasteiger partial charge in [0.25, 0.3) is 0 Å². The zero-order valence-corrected chi connectivity index (χ0v) is 12.2. The van der Waals surface area contributed by atoms with E-state index in [1.807, 2.05) is 0 Å². The second-order valence-electron chi connectivity index (χ2n) is 4.56. The topological polar surface area (TPSA) is 15.3 Å². The molecule has 0 bridgehead atoms. The summed E-state index contributed by atoms with van der Waals surface area (Å²) in [5.74, 6) is 0. The standard InChI is InChI=1S/C18H22N2S/c1-14-13-15(21-2)7-8-16(14)17-5-3-4-6-18(17)20-11-9-19-10-12-20/h3-8,13,19H,9-12H2,1-2H3/i2D3,9D2,10D2,11D,12D2/hD. The van der Waals surface area contributed by atoms with Crippen LogP contribution in [0, 0.1) is 6.92 Å². The monoisotopic (exact) mass is 309 g/mol. The number of aryl methyl sites for hydroxylation is 1. The lowest BCUT2D eigenvalue weighted by Crippen LogP contribution is -2.43. The molecule has 2 aromatic carbocycles. The van der Waals surface area contributed by atoms with E-state index in [4.69, 9.17) is 15.1 Å². The molecule has 1 saturated heterocycles. The Balaban J connectivity index is 2.16. The molecule has 1 atom stereocenters. The van der Waals surface area contributed by atoms with Crippen LogP contribution in [0.5, 0.6) is 0 Å². The molecule has 0 amide bonds. The van der Waals surface area contributed by atoms with Gasteiger partial charge in [-0.05, 0) is 42.4 Å². The highest BCUT2D eigenvalue weighted by molar-refractivity contribution is 7.98. The molecule has 1 N–H and O–H groups in total. The van der Waals surface area contributed by atoms with Gasteiger partial charge in [-0.25, -0.2) is 0 Å². The summed E-state index contributed by atoms with van der Waals surface area (Å²) in [6.45, 7) is -8.96. The Labute approximate surface area is 147 Å². The predicted octanol–water partition coefficient (Wildman–Crippen LogP) is 3.79. The lowest BCUT2D eigenvalue weighted by molar-refractivity contribution is 0.589. The number of hydrogen-bond acceptors (Lipinski definition) is 3. The third-order valence-corrected chi connectivity index (χ3v) is 3.74. The molecule has 110 valence electrons. The van der Waals surface area contributed by atoms with Crippen LogP contribution in [0.15, 0.2) is 47.4 Å². The first-order valence-corrected chi connectivity index (χ1v) is 7.23. The largest absolute Gasteiger partial charge is 0.368 e. The third-order valence-electron chi connectivity index (χ3n) is 3.25. The zero-order valence-electron chi connectivity index (χ0n) is 22.4. The number of nitrogens with one attached hydrogen (secondary N) is 1. The summed E-state index contributed by atoms with van der Waals surface area (Å²) >= 11 is 0.725. The van der Waals surface area contributed by atoms with Crippen molar-refractivity contribution in [2.75, 3.05) is 37.1 Å². The Hall–Kier alpha value is -1.45. The number of nitrogens with zero attached hydrogens (tertiary/aromatic N) is 1. The van der Waals surface area contributed by atoms with Gasteiger partial charge in [0.15, 0.2) is 0 Å². The molecule has 0 aromatic heterocycles. The Morgan fingerprint density at radius 3 is 3.00 bits per heavy atom. The molecule has 0 aliphatic carbocycles. The van der Waals surface area contributed by atoms with E-state index in [1.165, 1.54) is 6.07 Å². The van der Waals surface area contributed by atoms with E-state index in [-0.39, 0.29) is 11.0 Å². The van der Waals surface area contributed by atoms with E-state index in [0.29, 0.717) is 21.6 Å². The highest BCUT2D eigenvalue weighted by Gasteiger charge is 2.15. The van der Waals surface area contributed by atoms with Gasteiger partial charge >= 0.3 is 0 Å². The number of rotatable bonds is 3. The van der Waals surface area contributed by atoms with Crippen LogP contribution in [0.25, 0.3) is 11.1 Å². The number of thioether (sulfide) groups is 1. The van der Waals surface area contributed by atoms with Gasteiger partial charge in [0.1, 0.15) is 1.41 Å². The molecule has 21 heavy (non-hydrogen) atoms. The van der Waals surface area contributed by atoms with Gasteiger partial charge in [0.2, 0.25) is 0 Å². The van der Waals surface area contributed by atoms with Crippen LogP contribution in [0.2, 0.25) is 1.41 Å². The summed E-state index contributed by atoms with van der Waals surface area (Å²) in [7, 11) is 0. The van der Waals surface area contributed by atoms with Crippen LogP contribution >= 0.6 is 11.8 Å². The summed E-state index contributed by atoms with van der Waals surface area (Å²) in [6.07, 6.45) is -2.21. The number of piperazine rings is 1. The summed E-state index contributed by atoms with van der Waals surface area (Å²) in [5, 5.41) is -0.122. The molecular weight excluding hydrogens is 276 g/mol. The van der Waals surface area contributed by atoms with Gasteiger partial charge in [-0.3, -0.25) is 0 Å². The number of para-hydroxylation sites is 1. The maximum Gasteiger partial charge on any atom is 0.122 e. The second kappa shape index (κ2) is 6.54. The summed E-state index contributed by atoms with van der Waals surface area (Å²) in [6, 6.07) is 11.3. The SMILES string of the molecule is [2H]C1N(c2ccccc2-c2ccc(SC([2H])([2H])[2H])cc2C)C([2H])([2H])C([2H])([2H])N([2H])C1([2H])[2H]. The molecule has 2 aromatic rings. The van der Waals surface area contributed by atoms with Crippen LogP contribution in [-0.2, 0) is 0 Å². The van der Waals surface area contributed by atoms with Crippen molar-refractivity contribution >= 4 is 17.4 Å². The molecule has 1 aliphatic heterocycles. The van der Waals surface area contributed by atoms with Crippen LogP contribution in [0.3, 0.4) is 0 Å². The normalized spacial score (nSPS) is 35.2. The van der Waals surface area contributed by atoms with Gasteiger partial charge in [0.05, 0.1) is 4.11 Å². The van der Waals surface area contributed by atoms with E-state index in [9.17, 15) is 0 Å². The molecular formula is C18H22N2S. The van der Waals surface area contributed by atoms with Gasteiger partial charge in [0, 0.05) is 51.8 Å². The van der Waals surface area contributed by atoms with E-state index >= 15 is 0 Å². The fourth-order valence-electron chi connectivity index (χ4n) is 2.27. The van der Waals surface area contributed by atoms with Crippen LogP contribution in [-0.4, -0.2) is 32.2 Å². The van der Waals surface area contributed by atoms with E-state index in [2.05, 4.69) is 0 Å². The Kier molecular flexibility index (Phi) is 1.98. The van der Waals surface area contributed by atoms with E-state index in [0.717, 1.165) is 16.7 Å². The molecule has 1 aliphatic rings. The minimum Gasteiger partial charge on any atom is -0.368 e. The first kappa shape index (κ1) is 6.35. The second-order valence-corrected chi connectivity index (χ2v) is 5.24. The van der Waals surface area contributed by atoms with Crippen molar-refractivity contribution in [3.05, 3.63) is 48.0 Å². The lowest BCUT2D eigenvalue weighted by Gasteiger charge is -2.31. The van der Waals surface area contributed by atoms with Crippen molar-refractivity contribution in [3.63, 3.8) is 0 Å². The maximum atomic E-state index is 8.41. The smallest absolute Gasteiger partial charge is 0.122 e. The zero-order chi connectivity index (χ0) is 24.3.